The van der Waals surface area contributed by atoms with Gasteiger partial charge in [-0.3, -0.25) is 0 Å². The molecule has 3 atom stereocenters. The van der Waals surface area contributed by atoms with Crippen LogP contribution in [0.3, 0.4) is 0 Å². The van der Waals surface area contributed by atoms with Crippen LogP contribution in [0.25, 0.3) is 0 Å². The van der Waals surface area contributed by atoms with Gasteiger partial charge in [-0.2, -0.15) is 0 Å². The first-order valence-corrected chi connectivity index (χ1v) is 6.38. The number of unbranched alkanes of at least 4 members (excludes halogenated alkanes) is 2. The Balaban J connectivity index is 0. The van der Waals surface area contributed by atoms with Crippen molar-refractivity contribution >= 4 is 23.1 Å². The van der Waals surface area contributed by atoms with Crippen LogP contribution in [0.2, 0.25) is 0 Å². The van der Waals surface area contributed by atoms with E-state index in [0.29, 0.717) is 12.0 Å². The Bertz CT molecular complexity index is 169. The van der Waals surface area contributed by atoms with E-state index in [9.17, 15) is 0 Å². The molecule has 0 amide bonds. The summed E-state index contributed by atoms with van der Waals surface area (Å²) in [4.78, 5) is 0. The van der Waals surface area contributed by atoms with Gasteiger partial charge in [-0.1, -0.05) is 33.1 Å². The average Bonchev–Trinajstić information content (AvgIpc) is 2.57. The van der Waals surface area contributed by atoms with Gasteiger partial charge in [0.25, 0.3) is 0 Å². The molecule has 0 N–H and O–H groups in total. The van der Waals surface area contributed by atoms with E-state index < -0.39 is 0 Å². The van der Waals surface area contributed by atoms with Crippen LogP contribution in [0.4, 0.5) is 0 Å². The van der Waals surface area contributed by atoms with E-state index in [0.717, 1.165) is 25.9 Å². The molecule has 1 heterocycles. The van der Waals surface area contributed by atoms with Gasteiger partial charge in [-0.15, -0.1) is 5.92 Å². The van der Waals surface area contributed by atoms with Crippen molar-refractivity contribution in [3.05, 3.63) is 6.92 Å². The second kappa shape index (κ2) is 12.2. The molecule has 0 aromatic heterocycles. The van der Waals surface area contributed by atoms with Crippen LogP contribution in [0.5, 0.6) is 0 Å². The fourth-order valence-electron chi connectivity index (χ4n) is 1.94. The van der Waals surface area contributed by atoms with Crippen LogP contribution in [-0.4, -0.2) is 42.1 Å². The number of ether oxygens (including phenoxy) is 2. The maximum Gasteiger partial charge on any atom is 2.00 e. The zero-order valence-corrected chi connectivity index (χ0v) is 14.3. The molecule has 0 aromatic carbocycles. The summed E-state index contributed by atoms with van der Waals surface area (Å²) in [5.74, 6) is 0.420. The van der Waals surface area contributed by atoms with Crippen molar-refractivity contribution < 1.29 is 26.5 Å². The Morgan fingerprint density at radius 3 is 2.47 bits per heavy atom. The molecular formula is C13H25BrMgO2. The van der Waals surface area contributed by atoms with Crippen molar-refractivity contribution in [1.29, 1.82) is 0 Å². The minimum Gasteiger partial charge on any atom is -1.00 e. The van der Waals surface area contributed by atoms with Crippen LogP contribution in [0.1, 0.15) is 52.4 Å². The van der Waals surface area contributed by atoms with E-state index in [1.54, 1.807) is 0 Å². The summed E-state index contributed by atoms with van der Waals surface area (Å²) < 4.78 is 11.5. The fraction of sp³-hybridized carbons (Fsp3) is 0.923. The van der Waals surface area contributed by atoms with Gasteiger partial charge in [-0.25, -0.2) is 0 Å². The summed E-state index contributed by atoms with van der Waals surface area (Å²) in [5.41, 5.74) is 0. The Morgan fingerprint density at radius 1 is 1.24 bits per heavy atom. The molecule has 0 aliphatic carbocycles. The normalized spacial score (nSPS) is 27.4. The Kier molecular flexibility index (Phi) is 14.7. The number of rotatable bonds is 7. The fourth-order valence-corrected chi connectivity index (χ4v) is 1.94. The third-order valence-corrected chi connectivity index (χ3v) is 2.99. The number of halogens is 1. The van der Waals surface area contributed by atoms with Gasteiger partial charge in [0, 0.05) is 12.7 Å². The summed E-state index contributed by atoms with van der Waals surface area (Å²) in [6.45, 7) is 9.36. The molecule has 1 saturated heterocycles. The van der Waals surface area contributed by atoms with Crippen molar-refractivity contribution in [2.45, 2.75) is 64.8 Å². The van der Waals surface area contributed by atoms with Crippen LogP contribution in [-0.2, 0) is 9.47 Å². The maximum atomic E-state index is 5.84. The second-order valence-corrected chi connectivity index (χ2v) is 4.47. The summed E-state index contributed by atoms with van der Waals surface area (Å²) in [5, 5.41) is 0. The molecule has 1 aliphatic rings. The van der Waals surface area contributed by atoms with Gasteiger partial charge in [0.2, 0.25) is 0 Å². The van der Waals surface area contributed by atoms with E-state index in [1.807, 2.05) is 0 Å². The van der Waals surface area contributed by atoms with Crippen molar-refractivity contribution in [1.82, 2.24) is 0 Å². The third-order valence-electron chi connectivity index (χ3n) is 2.99. The molecule has 0 spiro atoms. The van der Waals surface area contributed by atoms with Crippen molar-refractivity contribution in [2.75, 3.05) is 6.61 Å². The molecule has 0 bridgehead atoms. The molecule has 1 unspecified atom stereocenters. The summed E-state index contributed by atoms with van der Waals surface area (Å²) in [6.07, 6.45) is 7.22. The molecule has 0 radical (unpaired) electrons. The Labute approximate surface area is 133 Å². The van der Waals surface area contributed by atoms with Gasteiger partial charge in [0.15, 0.2) is 6.29 Å². The van der Waals surface area contributed by atoms with Gasteiger partial charge in [-0.05, 0) is 19.3 Å². The topological polar surface area (TPSA) is 18.5 Å². The van der Waals surface area contributed by atoms with Gasteiger partial charge < -0.3 is 33.4 Å². The summed E-state index contributed by atoms with van der Waals surface area (Å²) in [6, 6.07) is 0. The first kappa shape index (κ1) is 20.5. The van der Waals surface area contributed by atoms with E-state index in [2.05, 4.69) is 20.8 Å². The molecule has 0 aromatic rings. The first-order chi connectivity index (χ1) is 7.27. The zero-order valence-electron chi connectivity index (χ0n) is 11.3. The Hall–Kier alpha value is 1.17. The van der Waals surface area contributed by atoms with Crippen molar-refractivity contribution in [2.24, 2.45) is 5.92 Å². The maximum absolute atomic E-state index is 5.84. The number of hydrogen-bond donors (Lipinski definition) is 0. The predicted molar refractivity (Wildman–Crippen MR) is 68.3 cm³/mol. The summed E-state index contributed by atoms with van der Waals surface area (Å²) >= 11 is 0. The molecule has 1 fully saturated rings. The molecule has 17 heavy (non-hydrogen) atoms. The first-order valence-electron chi connectivity index (χ1n) is 6.38. The van der Waals surface area contributed by atoms with E-state index in [1.165, 1.54) is 19.3 Å². The predicted octanol–water partition coefficient (Wildman–Crippen LogP) is 0.182. The van der Waals surface area contributed by atoms with Gasteiger partial charge >= 0.3 is 23.1 Å². The minimum atomic E-state index is 0. The molecular weight excluding hydrogens is 292 g/mol. The summed E-state index contributed by atoms with van der Waals surface area (Å²) in [7, 11) is 0. The SMILES string of the molecule is [Br-].[CH2-][C@H]1CC(OCCCC)O[C@@H]1CCCC.[Mg+2]. The van der Waals surface area contributed by atoms with Gasteiger partial charge in [0.05, 0.1) is 0 Å². The van der Waals surface area contributed by atoms with Crippen LogP contribution >= 0.6 is 0 Å². The molecule has 2 nitrogen and oxygen atoms in total. The van der Waals surface area contributed by atoms with Crippen molar-refractivity contribution in [3.63, 3.8) is 0 Å². The van der Waals surface area contributed by atoms with Crippen LogP contribution in [0.15, 0.2) is 0 Å². The zero-order chi connectivity index (χ0) is 11.1. The molecule has 98 valence electrons. The van der Waals surface area contributed by atoms with Crippen LogP contribution < -0.4 is 17.0 Å². The second-order valence-electron chi connectivity index (χ2n) is 4.47. The third kappa shape index (κ3) is 8.04. The van der Waals surface area contributed by atoms with E-state index >= 15 is 0 Å². The minimum absolute atomic E-state index is 0. The van der Waals surface area contributed by atoms with E-state index in [4.69, 9.17) is 9.47 Å². The van der Waals surface area contributed by atoms with Crippen LogP contribution in [0, 0.1) is 12.8 Å². The molecule has 1 aliphatic heterocycles. The average molecular weight is 318 g/mol. The molecule has 1 rings (SSSR count). The largest absolute Gasteiger partial charge is 2.00 e. The standard InChI is InChI=1S/C13H25O2.BrH.Mg/c1-4-6-8-12-11(3)10-13(15-12)14-9-7-5-2;;/h11-13H,3-10H2,1-2H3;1H;/q-1;;+2/p-1/t11-,12+,13?;;/m0../s1. The monoisotopic (exact) mass is 316 g/mol. The Morgan fingerprint density at radius 2 is 1.88 bits per heavy atom. The smallest absolute Gasteiger partial charge is 1.00 e. The number of hydrogen-bond acceptors (Lipinski definition) is 2. The quantitative estimate of drug-likeness (QED) is 0.379. The van der Waals surface area contributed by atoms with E-state index in [-0.39, 0.29) is 46.3 Å². The van der Waals surface area contributed by atoms with Crippen molar-refractivity contribution in [3.8, 4) is 0 Å². The molecule has 0 saturated carbocycles. The van der Waals surface area contributed by atoms with Gasteiger partial charge in [0.1, 0.15) is 0 Å². The molecule has 4 heteroatoms.